The van der Waals surface area contributed by atoms with Crippen LogP contribution in [0, 0.1) is 0 Å². The van der Waals surface area contributed by atoms with Gasteiger partial charge in [-0.1, -0.05) is 0 Å². The molecule has 0 bridgehead atoms. The van der Waals surface area contributed by atoms with Gasteiger partial charge in [-0.25, -0.2) is 4.79 Å². The summed E-state index contributed by atoms with van der Waals surface area (Å²) in [6.07, 6.45) is -1.83. The van der Waals surface area contributed by atoms with E-state index < -0.39 is 11.4 Å². The fourth-order valence-electron chi connectivity index (χ4n) is 0. The standard InChI is InChI=1S/C2H2Cl2O.CH2O3.K.H/c3-1-2(4)5;2-1(3)4;;/h1H2;(H2,2,3,4);;/q;;+1;-1. The Hall–Kier alpha value is 1.16. The van der Waals surface area contributed by atoms with Crippen LogP contribution in [-0.2, 0) is 4.79 Å². The topological polar surface area (TPSA) is 74.6 Å². The normalized spacial score (nSPS) is 6.20. The van der Waals surface area contributed by atoms with E-state index in [2.05, 4.69) is 0 Å². The van der Waals surface area contributed by atoms with Crippen molar-refractivity contribution in [2.24, 2.45) is 0 Å². The molecular formula is C3H5Cl2KO4. The van der Waals surface area contributed by atoms with Crippen molar-refractivity contribution in [3.63, 3.8) is 0 Å². The molecule has 0 aliphatic carbocycles. The fraction of sp³-hybridized carbons (Fsp3) is 0.333. The maximum Gasteiger partial charge on any atom is 1.00 e. The Balaban J connectivity index is -0.0000000383. The Morgan fingerprint density at radius 3 is 1.50 bits per heavy atom. The number of carbonyl (C=O) groups is 2. The van der Waals surface area contributed by atoms with Crippen LogP contribution in [0.5, 0.6) is 0 Å². The van der Waals surface area contributed by atoms with Gasteiger partial charge in [-0.15, -0.1) is 11.6 Å². The van der Waals surface area contributed by atoms with Gasteiger partial charge in [0.2, 0.25) is 5.24 Å². The van der Waals surface area contributed by atoms with Crippen LogP contribution in [0.3, 0.4) is 0 Å². The SMILES string of the molecule is O=C(Cl)CCl.O=C(O)O.[H-].[K+]. The van der Waals surface area contributed by atoms with Gasteiger partial charge < -0.3 is 11.6 Å². The third-order valence-corrected chi connectivity index (χ3v) is 0.618. The van der Waals surface area contributed by atoms with Gasteiger partial charge in [0.25, 0.3) is 0 Å². The van der Waals surface area contributed by atoms with Crippen molar-refractivity contribution >= 4 is 34.6 Å². The van der Waals surface area contributed by atoms with Gasteiger partial charge in [-0.2, -0.15) is 0 Å². The third kappa shape index (κ3) is 61.1. The minimum Gasteiger partial charge on any atom is -1.00 e. The number of carboxylic acid groups (broad SMARTS) is 2. The van der Waals surface area contributed by atoms with Gasteiger partial charge in [0, 0.05) is 0 Å². The number of halogens is 2. The summed E-state index contributed by atoms with van der Waals surface area (Å²) in [5.74, 6) is -0.0957. The van der Waals surface area contributed by atoms with E-state index >= 15 is 0 Å². The molecular weight excluding hydrogens is 210 g/mol. The summed E-state index contributed by atoms with van der Waals surface area (Å²) in [4.78, 5) is 18.0. The summed E-state index contributed by atoms with van der Waals surface area (Å²) in [7, 11) is 0. The molecule has 0 unspecified atom stereocenters. The Morgan fingerprint density at radius 2 is 1.50 bits per heavy atom. The second-order valence-electron chi connectivity index (χ2n) is 0.771. The average molecular weight is 215 g/mol. The molecule has 0 heterocycles. The summed E-state index contributed by atoms with van der Waals surface area (Å²) >= 11 is 9.55. The number of carbonyl (C=O) groups excluding carboxylic acids is 1. The first-order valence-electron chi connectivity index (χ1n) is 1.67. The van der Waals surface area contributed by atoms with E-state index in [1.54, 1.807) is 0 Å². The Kier molecular flexibility index (Phi) is 22.1. The molecule has 0 amide bonds. The van der Waals surface area contributed by atoms with Crippen LogP contribution >= 0.6 is 23.2 Å². The van der Waals surface area contributed by atoms with E-state index in [0.717, 1.165) is 0 Å². The van der Waals surface area contributed by atoms with Crippen molar-refractivity contribution in [1.29, 1.82) is 0 Å². The van der Waals surface area contributed by atoms with E-state index in [9.17, 15) is 4.79 Å². The van der Waals surface area contributed by atoms with Gasteiger partial charge in [-0.05, 0) is 11.6 Å². The van der Waals surface area contributed by atoms with Crippen LogP contribution in [0.25, 0.3) is 0 Å². The molecule has 0 fully saturated rings. The number of hydrogen-bond acceptors (Lipinski definition) is 2. The zero-order valence-electron chi connectivity index (χ0n) is 6.17. The fourth-order valence-corrected chi connectivity index (χ4v) is 0. The molecule has 10 heavy (non-hydrogen) atoms. The third-order valence-electron chi connectivity index (χ3n) is 0.105. The molecule has 0 aliphatic rings. The largest absolute Gasteiger partial charge is 1.00 e. The quantitative estimate of drug-likeness (QED) is 0.311. The van der Waals surface area contributed by atoms with Crippen molar-refractivity contribution in [3.8, 4) is 0 Å². The van der Waals surface area contributed by atoms with Gasteiger partial charge in [0.15, 0.2) is 0 Å². The first kappa shape index (κ1) is 17.3. The molecule has 2 N–H and O–H groups in total. The van der Waals surface area contributed by atoms with E-state index in [1.165, 1.54) is 0 Å². The molecule has 0 spiro atoms. The van der Waals surface area contributed by atoms with E-state index in [4.69, 9.17) is 38.2 Å². The summed E-state index contributed by atoms with van der Waals surface area (Å²) in [5, 5.41) is 13.4. The minimum absolute atomic E-state index is 0. The first-order valence-corrected chi connectivity index (χ1v) is 2.58. The second-order valence-corrected chi connectivity index (χ2v) is 1.46. The first-order chi connectivity index (χ1) is 4.00. The van der Waals surface area contributed by atoms with Crippen molar-refractivity contribution < 1.29 is 72.6 Å². The van der Waals surface area contributed by atoms with Crippen LogP contribution < -0.4 is 51.4 Å². The molecule has 0 aromatic rings. The zero-order valence-corrected chi connectivity index (χ0v) is 9.81. The minimum atomic E-state index is -1.83. The van der Waals surface area contributed by atoms with Crippen molar-refractivity contribution in [1.82, 2.24) is 0 Å². The van der Waals surface area contributed by atoms with Gasteiger partial charge in [0.1, 0.15) is 0 Å². The molecule has 0 aliphatic heterocycles. The number of rotatable bonds is 1. The molecule has 0 aromatic carbocycles. The van der Waals surface area contributed by atoms with Gasteiger partial charge >= 0.3 is 57.5 Å². The van der Waals surface area contributed by atoms with Crippen LogP contribution in [0.4, 0.5) is 4.79 Å². The monoisotopic (exact) mass is 214 g/mol. The molecule has 0 radical (unpaired) electrons. The van der Waals surface area contributed by atoms with E-state index in [1.807, 2.05) is 0 Å². The Bertz CT molecular complexity index is 108. The Labute approximate surface area is 111 Å². The predicted molar refractivity (Wildman–Crippen MR) is 33.3 cm³/mol. The van der Waals surface area contributed by atoms with Crippen LogP contribution in [0.15, 0.2) is 0 Å². The van der Waals surface area contributed by atoms with Crippen LogP contribution in [0.2, 0.25) is 0 Å². The smallest absolute Gasteiger partial charge is 1.00 e. The summed E-state index contributed by atoms with van der Waals surface area (Å²) in [6.45, 7) is 0. The molecule has 56 valence electrons. The Morgan fingerprint density at radius 1 is 1.40 bits per heavy atom. The van der Waals surface area contributed by atoms with Gasteiger partial charge in [-0.3, -0.25) is 4.79 Å². The molecule has 7 heteroatoms. The van der Waals surface area contributed by atoms with E-state index in [0.29, 0.717) is 0 Å². The molecule has 0 atom stereocenters. The maximum atomic E-state index is 9.45. The van der Waals surface area contributed by atoms with Crippen molar-refractivity contribution in [2.45, 2.75) is 0 Å². The number of hydrogen-bond donors (Lipinski definition) is 2. The summed E-state index contributed by atoms with van der Waals surface area (Å²) < 4.78 is 0. The second kappa shape index (κ2) is 12.8. The van der Waals surface area contributed by atoms with Crippen molar-refractivity contribution in [3.05, 3.63) is 0 Å². The maximum absolute atomic E-state index is 9.45. The number of alkyl halides is 1. The molecule has 0 saturated heterocycles. The van der Waals surface area contributed by atoms with Gasteiger partial charge in [0.05, 0.1) is 5.88 Å². The molecule has 0 saturated carbocycles. The van der Waals surface area contributed by atoms with Crippen molar-refractivity contribution in [2.75, 3.05) is 5.88 Å². The zero-order chi connectivity index (χ0) is 7.86. The predicted octanol–water partition coefficient (Wildman–Crippen LogP) is -1.67. The molecule has 0 aromatic heterocycles. The van der Waals surface area contributed by atoms with E-state index in [-0.39, 0.29) is 58.7 Å². The van der Waals surface area contributed by atoms with Crippen LogP contribution in [-0.4, -0.2) is 27.5 Å². The molecule has 0 rings (SSSR count). The molecule has 4 nitrogen and oxygen atoms in total. The summed E-state index contributed by atoms with van der Waals surface area (Å²) in [6, 6.07) is 0. The average Bonchev–Trinajstić information content (AvgIpc) is 1.65. The van der Waals surface area contributed by atoms with Crippen LogP contribution in [0.1, 0.15) is 1.43 Å². The summed E-state index contributed by atoms with van der Waals surface area (Å²) in [5.41, 5.74) is 0.